The van der Waals surface area contributed by atoms with Gasteiger partial charge in [0.25, 0.3) is 0 Å². The van der Waals surface area contributed by atoms with Gasteiger partial charge in [-0.2, -0.15) is 0 Å². The van der Waals surface area contributed by atoms with Crippen molar-refractivity contribution in [2.45, 2.75) is 64.7 Å². The van der Waals surface area contributed by atoms with Gasteiger partial charge >= 0.3 is 6.09 Å². The second-order valence-corrected chi connectivity index (χ2v) is 11.6. The number of nitrogens with one attached hydrogen (secondary N) is 2. The molecule has 0 heterocycles. The summed E-state index contributed by atoms with van der Waals surface area (Å²) < 4.78 is 16.5. The number of benzene rings is 2. The van der Waals surface area contributed by atoms with E-state index in [9.17, 15) is 19.8 Å². The van der Waals surface area contributed by atoms with Crippen molar-refractivity contribution in [2.75, 3.05) is 26.1 Å². The van der Waals surface area contributed by atoms with Crippen LogP contribution in [0, 0.1) is 22.7 Å². The molecule has 9 nitrogen and oxygen atoms in total. The van der Waals surface area contributed by atoms with E-state index < -0.39 is 29.1 Å². The summed E-state index contributed by atoms with van der Waals surface area (Å²) in [6.07, 6.45) is 0.782. The molecule has 0 spiro atoms. The van der Waals surface area contributed by atoms with Crippen molar-refractivity contribution < 1.29 is 34.0 Å². The van der Waals surface area contributed by atoms with Crippen molar-refractivity contribution in [2.24, 2.45) is 22.7 Å². The molecular formula is C31H42N2O7. The van der Waals surface area contributed by atoms with Gasteiger partial charge in [0, 0.05) is 36.6 Å². The van der Waals surface area contributed by atoms with Crippen molar-refractivity contribution in [1.29, 1.82) is 0 Å². The highest BCUT2D eigenvalue weighted by atomic mass is 16.6. The topological polar surface area (TPSA) is 126 Å². The number of methoxy groups -OCH3 is 2. The van der Waals surface area contributed by atoms with Crippen LogP contribution in [0.25, 0.3) is 0 Å². The van der Waals surface area contributed by atoms with Crippen LogP contribution in [-0.2, 0) is 16.1 Å². The summed E-state index contributed by atoms with van der Waals surface area (Å²) in [6.45, 7) is 4.32. The number of carbonyl (C=O) groups excluding carboxylic acids is 2. The minimum absolute atomic E-state index is 0.0520. The van der Waals surface area contributed by atoms with Crippen LogP contribution in [0.15, 0.2) is 48.5 Å². The van der Waals surface area contributed by atoms with Crippen LogP contribution in [0.5, 0.6) is 11.5 Å². The van der Waals surface area contributed by atoms with Gasteiger partial charge in [-0.05, 0) is 48.5 Å². The summed E-state index contributed by atoms with van der Waals surface area (Å²) in [7, 11) is 3.06. The van der Waals surface area contributed by atoms with E-state index >= 15 is 0 Å². The van der Waals surface area contributed by atoms with Crippen LogP contribution in [0.2, 0.25) is 0 Å². The van der Waals surface area contributed by atoms with Gasteiger partial charge in [0.15, 0.2) is 0 Å². The zero-order valence-electron chi connectivity index (χ0n) is 23.8. The Morgan fingerprint density at radius 1 is 1.00 bits per heavy atom. The zero-order chi connectivity index (χ0) is 28.9. The third kappa shape index (κ3) is 6.20. The molecule has 0 bridgehead atoms. The van der Waals surface area contributed by atoms with E-state index in [1.165, 1.54) is 14.2 Å². The summed E-state index contributed by atoms with van der Waals surface area (Å²) >= 11 is 0. The maximum atomic E-state index is 13.0. The van der Waals surface area contributed by atoms with Crippen LogP contribution in [0.1, 0.15) is 51.5 Å². The predicted octanol–water partition coefficient (Wildman–Crippen LogP) is 4.51. The molecule has 40 heavy (non-hydrogen) atoms. The lowest BCUT2D eigenvalue weighted by atomic mass is 9.46. The van der Waals surface area contributed by atoms with Crippen molar-refractivity contribution in [3.8, 4) is 11.5 Å². The monoisotopic (exact) mass is 554 g/mol. The van der Waals surface area contributed by atoms with E-state index in [0.717, 1.165) is 5.56 Å². The average molecular weight is 555 g/mol. The summed E-state index contributed by atoms with van der Waals surface area (Å²) in [5.41, 5.74) is 0.334. The van der Waals surface area contributed by atoms with Crippen LogP contribution >= 0.6 is 0 Å². The van der Waals surface area contributed by atoms with Crippen molar-refractivity contribution in [3.05, 3.63) is 54.1 Å². The molecule has 6 atom stereocenters. The molecule has 2 saturated carbocycles. The number of aliphatic hydroxyl groups excluding tert-OH is 2. The highest BCUT2D eigenvalue weighted by Gasteiger charge is 2.60. The number of carbonyl (C=O) groups is 2. The number of hydrogen-bond donors (Lipinski definition) is 4. The van der Waals surface area contributed by atoms with Gasteiger partial charge in [-0.15, -0.1) is 0 Å². The quantitative estimate of drug-likeness (QED) is 0.359. The second kappa shape index (κ2) is 12.5. The van der Waals surface area contributed by atoms with Gasteiger partial charge in [-0.25, -0.2) is 4.79 Å². The molecule has 2 aromatic carbocycles. The molecule has 4 N–H and O–H groups in total. The molecule has 2 aromatic rings. The SMILES string of the molecule is COc1cc(NC(=O)O[C@@H]2CC[C@]3(C)[C@@H](CC[C@@H](O)[C@H]3CC(=O)NCc3ccccc3)[C@]2(C)CO)cc(OC)c1. The Morgan fingerprint density at radius 3 is 2.30 bits per heavy atom. The normalized spacial score (nSPS) is 29.6. The van der Waals surface area contributed by atoms with E-state index in [1.54, 1.807) is 18.2 Å². The predicted molar refractivity (Wildman–Crippen MR) is 151 cm³/mol. The lowest BCUT2D eigenvalue weighted by Crippen LogP contribution is -2.61. The van der Waals surface area contributed by atoms with Gasteiger partial charge < -0.3 is 29.7 Å². The highest BCUT2D eigenvalue weighted by molar-refractivity contribution is 5.85. The van der Waals surface area contributed by atoms with Crippen LogP contribution in [0.4, 0.5) is 10.5 Å². The fourth-order valence-electron chi connectivity index (χ4n) is 7.00. The zero-order valence-corrected chi connectivity index (χ0v) is 23.8. The number of fused-ring (bicyclic) bond motifs is 1. The van der Waals surface area contributed by atoms with Gasteiger partial charge in [0.1, 0.15) is 17.6 Å². The minimum Gasteiger partial charge on any atom is -0.497 e. The Bertz CT molecular complexity index is 1150. The van der Waals surface area contributed by atoms with Crippen molar-refractivity contribution in [3.63, 3.8) is 0 Å². The molecule has 4 rings (SSSR count). The molecule has 2 fully saturated rings. The molecule has 0 aliphatic heterocycles. The van der Waals surface area contributed by atoms with E-state index in [2.05, 4.69) is 17.6 Å². The molecule has 2 aliphatic carbocycles. The van der Waals surface area contributed by atoms with E-state index in [1.807, 2.05) is 37.3 Å². The summed E-state index contributed by atoms with van der Waals surface area (Å²) in [4.78, 5) is 26.0. The lowest BCUT2D eigenvalue weighted by Gasteiger charge is -2.60. The number of amides is 2. The maximum Gasteiger partial charge on any atom is 0.411 e. The fraction of sp³-hybridized carbons (Fsp3) is 0.548. The molecule has 2 amide bonds. The molecule has 9 heteroatoms. The molecule has 0 unspecified atom stereocenters. The summed E-state index contributed by atoms with van der Waals surface area (Å²) in [5, 5.41) is 27.5. The largest absolute Gasteiger partial charge is 0.497 e. The van der Waals surface area contributed by atoms with E-state index in [-0.39, 0.29) is 30.8 Å². The number of rotatable bonds is 9. The third-order valence-electron chi connectivity index (χ3n) is 9.26. The maximum absolute atomic E-state index is 13.0. The van der Waals surface area contributed by atoms with Gasteiger partial charge in [-0.1, -0.05) is 44.2 Å². The Hall–Kier alpha value is -3.30. The van der Waals surface area contributed by atoms with Gasteiger partial charge in [0.2, 0.25) is 5.91 Å². The first-order chi connectivity index (χ1) is 19.1. The number of aliphatic hydroxyl groups is 2. The molecule has 218 valence electrons. The fourth-order valence-corrected chi connectivity index (χ4v) is 7.00. The average Bonchev–Trinajstić information content (AvgIpc) is 2.95. The standard InChI is InChI=1S/C31H42N2O7/c1-30-13-12-27(40-29(37)33-21-14-22(38-3)16-23(15-21)39-4)31(2,19-34)26(30)11-10-25(35)24(30)17-28(36)32-18-20-8-6-5-7-9-20/h5-9,14-16,24-27,34-35H,10-13,17-19H2,1-4H3,(H,32,36)(H,33,37)/t24-,25-,26-,27-,30+,31+/m1/s1. The van der Waals surface area contributed by atoms with E-state index in [0.29, 0.717) is 49.4 Å². The second-order valence-electron chi connectivity index (χ2n) is 11.6. The summed E-state index contributed by atoms with van der Waals surface area (Å²) in [6, 6.07) is 14.8. The van der Waals surface area contributed by atoms with E-state index in [4.69, 9.17) is 14.2 Å². The highest BCUT2D eigenvalue weighted by Crippen LogP contribution is 2.61. The number of hydrogen-bond acceptors (Lipinski definition) is 7. The van der Waals surface area contributed by atoms with Gasteiger partial charge in [-0.3, -0.25) is 10.1 Å². The summed E-state index contributed by atoms with van der Waals surface area (Å²) in [5.74, 6) is 0.633. The first kappa shape index (κ1) is 29.7. The minimum atomic E-state index is -0.741. The smallest absolute Gasteiger partial charge is 0.411 e. The molecule has 0 radical (unpaired) electrons. The molecule has 0 aromatic heterocycles. The Labute approximate surface area is 236 Å². The molecule has 0 saturated heterocycles. The Kier molecular flexibility index (Phi) is 9.26. The molecular weight excluding hydrogens is 512 g/mol. The van der Waals surface area contributed by atoms with Crippen molar-refractivity contribution in [1.82, 2.24) is 5.32 Å². The van der Waals surface area contributed by atoms with Crippen molar-refractivity contribution >= 4 is 17.7 Å². The lowest BCUT2D eigenvalue weighted by molar-refractivity contribution is -0.185. The number of ether oxygens (including phenoxy) is 3. The van der Waals surface area contributed by atoms with Gasteiger partial charge in [0.05, 0.1) is 32.6 Å². The number of anilines is 1. The first-order valence-electron chi connectivity index (χ1n) is 13.9. The van der Waals surface area contributed by atoms with Crippen LogP contribution in [0.3, 0.4) is 0 Å². The third-order valence-corrected chi connectivity index (χ3v) is 9.26. The molecule has 2 aliphatic rings. The Morgan fingerprint density at radius 2 is 1.68 bits per heavy atom. The Balaban J connectivity index is 1.45. The first-order valence-corrected chi connectivity index (χ1v) is 13.9. The van der Waals surface area contributed by atoms with Crippen LogP contribution < -0.4 is 20.1 Å². The van der Waals surface area contributed by atoms with Crippen LogP contribution in [-0.4, -0.2) is 55.2 Å².